The molecule has 0 aliphatic rings. The van der Waals surface area contributed by atoms with Crippen molar-refractivity contribution in [2.75, 3.05) is 5.75 Å². The Balaban J connectivity index is 2.36. The van der Waals surface area contributed by atoms with Gasteiger partial charge in [-0.2, -0.15) is 0 Å². The molecule has 2 heteroatoms. The van der Waals surface area contributed by atoms with Crippen molar-refractivity contribution >= 4 is 11.8 Å². The molecule has 0 unspecified atom stereocenters. The summed E-state index contributed by atoms with van der Waals surface area (Å²) in [7, 11) is 0. The summed E-state index contributed by atoms with van der Waals surface area (Å²) >= 11 is 1.70. The van der Waals surface area contributed by atoms with Crippen molar-refractivity contribution in [3.63, 3.8) is 0 Å². The Labute approximate surface area is 82.5 Å². The fourth-order valence-corrected chi connectivity index (χ4v) is 1.64. The molecule has 1 aromatic carbocycles. The quantitative estimate of drug-likeness (QED) is 0.404. The van der Waals surface area contributed by atoms with Crippen molar-refractivity contribution in [3.8, 4) is 11.8 Å². The maximum atomic E-state index is 12.5. The summed E-state index contributed by atoms with van der Waals surface area (Å²) in [5.74, 6) is 6.61. The van der Waals surface area contributed by atoms with Crippen LogP contribution in [0.2, 0.25) is 0 Å². The molecule has 0 aromatic heterocycles. The Kier molecular flexibility index (Phi) is 4.42. The molecule has 0 N–H and O–H groups in total. The van der Waals surface area contributed by atoms with Crippen LogP contribution in [-0.2, 0) is 0 Å². The van der Waals surface area contributed by atoms with Gasteiger partial charge in [0.2, 0.25) is 0 Å². The van der Waals surface area contributed by atoms with Crippen molar-refractivity contribution in [2.24, 2.45) is 0 Å². The summed E-state index contributed by atoms with van der Waals surface area (Å²) in [6, 6.07) is 6.54. The van der Waals surface area contributed by atoms with Gasteiger partial charge in [0.1, 0.15) is 5.82 Å². The average molecular weight is 194 g/mol. The Morgan fingerprint density at radius 2 is 2.00 bits per heavy atom. The second-order valence-electron chi connectivity index (χ2n) is 2.48. The van der Waals surface area contributed by atoms with E-state index in [0.29, 0.717) is 0 Å². The zero-order valence-electron chi connectivity index (χ0n) is 7.51. The van der Waals surface area contributed by atoms with E-state index >= 15 is 0 Å². The summed E-state index contributed by atoms with van der Waals surface area (Å²) in [4.78, 5) is 1.10. The minimum atomic E-state index is -0.183. The van der Waals surface area contributed by atoms with Crippen molar-refractivity contribution < 1.29 is 4.39 Å². The van der Waals surface area contributed by atoms with E-state index in [1.807, 2.05) is 6.92 Å². The molecule has 0 bridgehead atoms. The molecule has 0 aliphatic carbocycles. The first-order valence-corrected chi connectivity index (χ1v) is 5.09. The Hall–Kier alpha value is -0.940. The molecule has 0 spiro atoms. The van der Waals surface area contributed by atoms with E-state index in [0.717, 1.165) is 17.1 Å². The number of halogens is 1. The van der Waals surface area contributed by atoms with Crippen LogP contribution in [-0.4, -0.2) is 5.75 Å². The molecule has 1 aromatic rings. The van der Waals surface area contributed by atoms with Crippen LogP contribution in [0.5, 0.6) is 0 Å². The molecule has 0 radical (unpaired) electrons. The highest BCUT2D eigenvalue weighted by atomic mass is 32.2. The molecule has 0 fully saturated rings. The zero-order valence-corrected chi connectivity index (χ0v) is 8.33. The summed E-state index contributed by atoms with van der Waals surface area (Å²) in [6.07, 6.45) is 0.887. The van der Waals surface area contributed by atoms with E-state index in [1.165, 1.54) is 12.1 Å². The predicted octanol–water partition coefficient (Wildman–Crippen LogP) is 3.33. The predicted molar refractivity (Wildman–Crippen MR) is 55.2 cm³/mol. The van der Waals surface area contributed by atoms with Gasteiger partial charge in [0, 0.05) is 17.1 Å². The van der Waals surface area contributed by atoms with Gasteiger partial charge in [0.15, 0.2) is 0 Å². The maximum absolute atomic E-state index is 12.5. The summed E-state index contributed by atoms with van der Waals surface area (Å²) in [6.45, 7) is 1.84. The van der Waals surface area contributed by atoms with Crippen molar-refractivity contribution in [1.82, 2.24) is 0 Å². The number of rotatable bonds is 3. The van der Waals surface area contributed by atoms with Crippen molar-refractivity contribution in [1.29, 1.82) is 0 Å². The molecule has 1 rings (SSSR count). The second kappa shape index (κ2) is 5.66. The normalized spacial score (nSPS) is 9.08. The minimum Gasteiger partial charge on any atom is -0.207 e. The molecular formula is C11H11FS. The first-order valence-electron chi connectivity index (χ1n) is 4.11. The van der Waals surface area contributed by atoms with Crippen LogP contribution in [0.1, 0.15) is 13.3 Å². The second-order valence-corrected chi connectivity index (χ2v) is 3.65. The fourth-order valence-electron chi connectivity index (χ4n) is 0.876. The molecule has 13 heavy (non-hydrogen) atoms. The smallest absolute Gasteiger partial charge is 0.123 e. The van der Waals surface area contributed by atoms with Gasteiger partial charge in [0.05, 0.1) is 0 Å². The molecule has 0 amide bonds. The maximum Gasteiger partial charge on any atom is 0.123 e. The van der Waals surface area contributed by atoms with E-state index in [1.54, 1.807) is 23.9 Å². The van der Waals surface area contributed by atoms with Crippen LogP contribution < -0.4 is 0 Å². The van der Waals surface area contributed by atoms with Crippen LogP contribution in [0.25, 0.3) is 0 Å². The van der Waals surface area contributed by atoms with Crippen molar-refractivity contribution in [3.05, 3.63) is 30.1 Å². The van der Waals surface area contributed by atoms with E-state index in [4.69, 9.17) is 0 Å². The first-order chi connectivity index (χ1) is 6.33. The van der Waals surface area contributed by atoms with Crippen LogP contribution in [0, 0.1) is 17.7 Å². The topological polar surface area (TPSA) is 0 Å². The Morgan fingerprint density at radius 3 is 2.62 bits per heavy atom. The van der Waals surface area contributed by atoms with Gasteiger partial charge in [-0.1, -0.05) is 0 Å². The van der Waals surface area contributed by atoms with Crippen LogP contribution in [0.3, 0.4) is 0 Å². The molecule has 0 saturated heterocycles. The molecule has 0 saturated carbocycles. The van der Waals surface area contributed by atoms with Gasteiger partial charge in [-0.3, -0.25) is 0 Å². The van der Waals surface area contributed by atoms with Crippen molar-refractivity contribution in [2.45, 2.75) is 18.2 Å². The lowest BCUT2D eigenvalue weighted by Gasteiger charge is -1.97. The first kappa shape index (κ1) is 10.1. The molecule has 0 atom stereocenters. The summed E-state index contributed by atoms with van der Waals surface area (Å²) in [5, 5.41) is 0. The largest absolute Gasteiger partial charge is 0.207 e. The van der Waals surface area contributed by atoms with E-state index in [-0.39, 0.29) is 5.82 Å². The number of hydrogen-bond acceptors (Lipinski definition) is 1. The highest BCUT2D eigenvalue weighted by Crippen LogP contribution is 2.18. The van der Waals surface area contributed by atoms with Crippen LogP contribution >= 0.6 is 11.8 Å². The molecule has 68 valence electrons. The Morgan fingerprint density at radius 1 is 1.31 bits per heavy atom. The van der Waals surface area contributed by atoms with Crippen LogP contribution in [0.15, 0.2) is 29.2 Å². The molecule has 0 nitrogen and oxygen atoms in total. The van der Waals surface area contributed by atoms with Gasteiger partial charge < -0.3 is 0 Å². The fraction of sp³-hybridized carbons (Fsp3) is 0.273. The third kappa shape index (κ3) is 4.00. The SMILES string of the molecule is CC#CCCSc1ccc(F)cc1. The Bertz CT molecular complexity index is 305. The minimum absolute atomic E-state index is 0.183. The summed E-state index contributed by atoms with van der Waals surface area (Å²) < 4.78 is 12.5. The lowest BCUT2D eigenvalue weighted by Crippen LogP contribution is -1.78. The highest BCUT2D eigenvalue weighted by Gasteiger charge is 1.93. The molecular weight excluding hydrogens is 183 g/mol. The number of hydrogen-bond donors (Lipinski definition) is 0. The summed E-state index contributed by atoms with van der Waals surface area (Å²) in [5.41, 5.74) is 0. The van der Waals surface area contributed by atoms with Crippen LogP contribution in [0.4, 0.5) is 4.39 Å². The molecule has 0 aliphatic heterocycles. The third-order valence-electron chi connectivity index (χ3n) is 1.49. The lowest BCUT2D eigenvalue weighted by molar-refractivity contribution is 0.626. The van der Waals surface area contributed by atoms with Gasteiger partial charge in [-0.25, -0.2) is 4.39 Å². The highest BCUT2D eigenvalue weighted by molar-refractivity contribution is 7.99. The number of thioether (sulfide) groups is 1. The van der Waals surface area contributed by atoms with Gasteiger partial charge in [-0.15, -0.1) is 23.6 Å². The lowest BCUT2D eigenvalue weighted by atomic mass is 10.4. The van der Waals surface area contributed by atoms with Gasteiger partial charge in [-0.05, 0) is 31.2 Å². The molecule has 0 heterocycles. The van der Waals surface area contributed by atoms with Gasteiger partial charge >= 0.3 is 0 Å². The van der Waals surface area contributed by atoms with E-state index in [9.17, 15) is 4.39 Å². The van der Waals surface area contributed by atoms with Gasteiger partial charge in [0.25, 0.3) is 0 Å². The third-order valence-corrected chi connectivity index (χ3v) is 2.50. The zero-order chi connectivity index (χ0) is 9.52. The van der Waals surface area contributed by atoms with E-state index < -0.39 is 0 Å². The van der Waals surface area contributed by atoms with E-state index in [2.05, 4.69) is 11.8 Å². The standard InChI is InChI=1S/C11H11FS/c1-2-3-4-9-13-11-7-5-10(12)6-8-11/h5-8H,4,9H2,1H3. The number of benzene rings is 1. The monoisotopic (exact) mass is 194 g/mol. The average Bonchev–Trinajstić information content (AvgIpc) is 2.15.